The molecule has 0 aromatic carbocycles. The molecule has 0 aromatic heterocycles. The first kappa shape index (κ1) is 16.2. The number of β-amino-alcohol motifs (C(OH)–C–C–N with tert-alkyl or cyclic N) is 1. The largest absolute Gasteiger partial charge is 0.391 e. The van der Waals surface area contributed by atoms with E-state index in [1.807, 2.05) is 13.8 Å². The van der Waals surface area contributed by atoms with Crippen molar-refractivity contribution in [1.82, 2.24) is 15.5 Å². The summed E-state index contributed by atoms with van der Waals surface area (Å²) in [6, 6.07) is -0.347. The average Bonchev–Trinajstić information content (AvgIpc) is 2.89. The monoisotopic (exact) mass is 297 g/mol. The fraction of sp³-hybridized carbons (Fsp3) is 0.867. The third kappa shape index (κ3) is 3.95. The van der Waals surface area contributed by atoms with Crippen LogP contribution in [0.25, 0.3) is 0 Å². The van der Waals surface area contributed by atoms with Crippen LogP contribution in [0.3, 0.4) is 0 Å². The standard InChI is InChI=1S/C15H27N3O3/c1-10(2)15(21)18-6-4-3-5-12(18)14(20)17-8-11-7-16-9-13(11)19/h10-13,16,19H,3-9H2,1-2H3,(H,17,20). The van der Waals surface area contributed by atoms with Gasteiger partial charge in [0, 0.05) is 38.0 Å². The lowest BCUT2D eigenvalue weighted by atomic mass is 9.99. The summed E-state index contributed by atoms with van der Waals surface area (Å²) in [4.78, 5) is 26.3. The zero-order valence-electron chi connectivity index (χ0n) is 13.0. The lowest BCUT2D eigenvalue weighted by molar-refractivity contribution is -0.144. The van der Waals surface area contributed by atoms with Crippen molar-refractivity contribution >= 4 is 11.8 Å². The minimum Gasteiger partial charge on any atom is -0.391 e. The molecule has 0 radical (unpaired) electrons. The van der Waals surface area contributed by atoms with Crippen LogP contribution >= 0.6 is 0 Å². The van der Waals surface area contributed by atoms with Crippen LogP contribution in [0.5, 0.6) is 0 Å². The van der Waals surface area contributed by atoms with Gasteiger partial charge in [-0.05, 0) is 19.3 Å². The molecule has 2 heterocycles. The molecule has 2 rings (SSSR count). The van der Waals surface area contributed by atoms with E-state index in [1.165, 1.54) is 0 Å². The number of nitrogens with one attached hydrogen (secondary N) is 2. The van der Waals surface area contributed by atoms with Gasteiger partial charge in [0.15, 0.2) is 0 Å². The number of carbonyl (C=O) groups is 2. The minimum atomic E-state index is -0.398. The summed E-state index contributed by atoms with van der Waals surface area (Å²) in [6.45, 7) is 6.18. The van der Waals surface area contributed by atoms with Crippen LogP contribution in [-0.2, 0) is 9.59 Å². The highest BCUT2D eigenvalue weighted by Crippen LogP contribution is 2.20. The van der Waals surface area contributed by atoms with E-state index in [0.717, 1.165) is 25.8 Å². The summed E-state index contributed by atoms with van der Waals surface area (Å²) < 4.78 is 0. The average molecular weight is 297 g/mol. The summed E-state index contributed by atoms with van der Waals surface area (Å²) in [6.07, 6.45) is 2.28. The van der Waals surface area contributed by atoms with Gasteiger partial charge in [-0.15, -0.1) is 0 Å². The molecule has 2 aliphatic heterocycles. The lowest BCUT2D eigenvalue weighted by Crippen LogP contribution is -2.53. The van der Waals surface area contributed by atoms with Crippen molar-refractivity contribution in [2.75, 3.05) is 26.2 Å². The van der Waals surface area contributed by atoms with E-state index in [1.54, 1.807) is 4.90 Å². The topological polar surface area (TPSA) is 81.7 Å². The Morgan fingerprint density at radius 3 is 2.71 bits per heavy atom. The smallest absolute Gasteiger partial charge is 0.242 e. The molecule has 120 valence electrons. The molecular formula is C15H27N3O3. The molecule has 6 heteroatoms. The third-order valence-corrected chi connectivity index (χ3v) is 4.43. The molecule has 2 fully saturated rings. The number of likely N-dealkylation sites (tertiary alicyclic amines) is 1. The predicted molar refractivity (Wildman–Crippen MR) is 79.6 cm³/mol. The van der Waals surface area contributed by atoms with Crippen LogP contribution in [0.1, 0.15) is 33.1 Å². The summed E-state index contributed by atoms with van der Waals surface area (Å²) in [5.41, 5.74) is 0. The molecule has 3 N–H and O–H groups in total. The second kappa shape index (κ2) is 7.22. The van der Waals surface area contributed by atoms with Gasteiger partial charge in [-0.25, -0.2) is 0 Å². The normalized spacial score (nSPS) is 29.7. The molecule has 0 spiro atoms. The second-order valence-electron chi connectivity index (χ2n) is 6.43. The maximum Gasteiger partial charge on any atom is 0.242 e. The molecule has 21 heavy (non-hydrogen) atoms. The van der Waals surface area contributed by atoms with Crippen molar-refractivity contribution in [3.05, 3.63) is 0 Å². The first-order valence-electron chi connectivity index (χ1n) is 7.97. The third-order valence-electron chi connectivity index (χ3n) is 4.43. The van der Waals surface area contributed by atoms with Crippen LogP contribution in [0.2, 0.25) is 0 Å². The van der Waals surface area contributed by atoms with E-state index in [0.29, 0.717) is 19.6 Å². The van der Waals surface area contributed by atoms with E-state index < -0.39 is 6.10 Å². The molecule has 0 bridgehead atoms. The number of rotatable bonds is 4. The van der Waals surface area contributed by atoms with Crippen LogP contribution < -0.4 is 10.6 Å². The molecule has 0 aromatic rings. The maximum absolute atomic E-state index is 12.4. The summed E-state index contributed by atoms with van der Waals surface area (Å²) in [5, 5.41) is 15.8. The van der Waals surface area contributed by atoms with Crippen LogP contribution in [0.4, 0.5) is 0 Å². The first-order valence-corrected chi connectivity index (χ1v) is 7.97. The molecule has 6 nitrogen and oxygen atoms in total. The highest BCUT2D eigenvalue weighted by Gasteiger charge is 2.34. The molecule has 0 saturated carbocycles. The molecule has 3 unspecified atom stereocenters. The summed E-state index contributed by atoms with van der Waals surface area (Å²) >= 11 is 0. The molecule has 0 aliphatic carbocycles. The highest BCUT2D eigenvalue weighted by atomic mass is 16.3. The van der Waals surface area contributed by atoms with E-state index >= 15 is 0 Å². The summed E-state index contributed by atoms with van der Waals surface area (Å²) in [7, 11) is 0. The summed E-state index contributed by atoms with van der Waals surface area (Å²) in [5.74, 6) is -0.0498. The number of carbonyl (C=O) groups excluding carboxylic acids is 2. The van der Waals surface area contributed by atoms with E-state index in [-0.39, 0.29) is 29.7 Å². The Labute approximate surface area is 126 Å². The van der Waals surface area contributed by atoms with Gasteiger partial charge in [0.05, 0.1) is 6.10 Å². The molecular weight excluding hydrogens is 270 g/mol. The van der Waals surface area contributed by atoms with Gasteiger partial charge in [-0.2, -0.15) is 0 Å². The Morgan fingerprint density at radius 2 is 2.10 bits per heavy atom. The number of nitrogens with zero attached hydrogens (tertiary/aromatic N) is 1. The van der Waals surface area contributed by atoms with Gasteiger partial charge in [0.25, 0.3) is 0 Å². The van der Waals surface area contributed by atoms with Crippen molar-refractivity contribution in [2.45, 2.75) is 45.3 Å². The van der Waals surface area contributed by atoms with Crippen LogP contribution in [-0.4, -0.2) is 60.1 Å². The lowest BCUT2D eigenvalue weighted by Gasteiger charge is -2.36. The van der Waals surface area contributed by atoms with Crippen molar-refractivity contribution in [1.29, 1.82) is 0 Å². The Balaban J connectivity index is 1.90. The zero-order valence-corrected chi connectivity index (χ0v) is 13.0. The van der Waals surface area contributed by atoms with Crippen LogP contribution in [0.15, 0.2) is 0 Å². The molecule has 3 atom stereocenters. The number of hydrogen-bond acceptors (Lipinski definition) is 4. The van der Waals surface area contributed by atoms with Gasteiger partial charge >= 0.3 is 0 Å². The highest BCUT2D eigenvalue weighted by molar-refractivity contribution is 5.88. The maximum atomic E-state index is 12.4. The van der Waals surface area contributed by atoms with Crippen molar-refractivity contribution in [3.63, 3.8) is 0 Å². The van der Waals surface area contributed by atoms with Gasteiger partial charge in [0.2, 0.25) is 11.8 Å². The Morgan fingerprint density at radius 1 is 1.33 bits per heavy atom. The number of amides is 2. The van der Waals surface area contributed by atoms with E-state index in [4.69, 9.17) is 0 Å². The number of piperidine rings is 1. The Kier molecular flexibility index (Phi) is 5.58. The Bertz CT molecular complexity index is 386. The minimum absolute atomic E-state index is 0.0532. The van der Waals surface area contributed by atoms with Crippen LogP contribution in [0, 0.1) is 11.8 Å². The molecule has 2 aliphatic rings. The van der Waals surface area contributed by atoms with E-state index in [2.05, 4.69) is 10.6 Å². The fourth-order valence-electron chi connectivity index (χ4n) is 3.08. The number of aliphatic hydroxyl groups excluding tert-OH is 1. The second-order valence-corrected chi connectivity index (χ2v) is 6.43. The SMILES string of the molecule is CC(C)C(=O)N1CCCCC1C(=O)NCC1CNCC1O. The fourth-order valence-corrected chi connectivity index (χ4v) is 3.08. The van der Waals surface area contributed by atoms with Crippen molar-refractivity contribution in [3.8, 4) is 0 Å². The Hall–Kier alpha value is -1.14. The number of aliphatic hydroxyl groups is 1. The van der Waals surface area contributed by atoms with Gasteiger partial charge in [-0.1, -0.05) is 13.8 Å². The quantitative estimate of drug-likeness (QED) is 0.666. The predicted octanol–water partition coefficient (Wildman–Crippen LogP) is -0.280. The molecule has 2 amide bonds. The van der Waals surface area contributed by atoms with Gasteiger partial charge in [-0.3, -0.25) is 9.59 Å². The van der Waals surface area contributed by atoms with E-state index in [9.17, 15) is 14.7 Å². The van der Waals surface area contributed by atoms with Crippen molar-refractivity contribution < 1.29 is 14.7 Å². The molecule has 2 saturated heterocycles. The zero-order chi connectivity index (χ0) is 15.4. The van der Waals surface area contributed by atoms with Crippen molar-refractivity contribution in [2.24, 2.45) is 11.8 Å². The number of hydrogen-bond donors (Lipinski definition) is 3. The van der Waals surface area contributed by atoms with Gasteiger partial charge in [0.1, 0.15) is 6.04 Å². The first-order chi connectivity index (χ1) is 10.0. The van der Waals surface area contributed by atoms with Gasteiger partial charge < -0.3 is 20.6 Å².